The predicted octanol–water partition coefficient (Wildman–Crippen LogP) is 3.11. The highest BCUT2D eigenvalue weighted by atomic mass is 35.5. The number of halogens is 4. The van der Waals surface area contributed by atoms with Gasteiger partial charge in [0, 0.05) is 38.7 Å². The van der Waals surface area contributed by atoms with E-state index in [0.717, 1.165) is 37.7 Å². The summed E-state index contributed by atoms with van der Waals surface area (Å²) in [7, 11) is -1.12. The SMILES string of the molecule is COC1(C2CCN(C)C2)CN(c2cc(F)c(S(=O)(=O)Nc3cccc(F)n3)c(F)c2Cl)C1. The van der Waals surface area contributed by atoms with E-state index in [0.29, 0.717) is 13.1 Å². The number of aromatic nitrogens is 1. The minimum Gasteiger partial charge on any atom is -0.374 e. The molecule has 0 spiro atoms. The molecule has 0 saturated carbocycles. The molecule has 2 aliphatic heterocycles. The fraction of sp³-hybridized carbons (Fsp3) is 0.450. The molecule has 0 aliphatic carbocycles. The molecule has 0 amide bonds. The third-order valence-electron chi connectivity index (χ3n) is 6.12. The summed E-state index contributed by atoms with van der Waals surface area (Å²) < 4.78 is 75.9. The zero-order valence-electron chi connectivity index (χ0n) is 17.4. The van der Waals surface area contributed by atoms with Gasteiger partial charge in [-0.25, -0.2) is 22.2 Å². The first kappa shape index (κ1) is 23.1. The lowest BCUT2D eigenvalue weighted by Crippen LogP contribution is -2.67. The minimum atomic E-state index is -4.75. The van der Waals surface area contributed by atoms with Crippen molar-refractivity contribution in [2.75, 3.05) is 50.0 Å². The van der Waals surface area contributed by atoms with Crippen molar-refractivity contribution in [2.24, 2.45) is 5.92 Å². The lowest BCUT2D eigenvalue weighted by Gasteiger charge is -2.53. The number of rotatable bonds is 6. The van der Waals surface area contributed by atoms with Crippen molar-refractivity contribution in [2.45, 2.75) is 16.9 Å². The van der Waals surface area contributed by atoms with E-state index < -0.39 is 48.9 Å². The van der Waals surface area contributed by atoms with Crippen molar-refractivity contribution >= 4 is 33.1 Å². The number of benzene rings is 1. The highest BCUT2D eigenvalue weighted by Crippen LogP contribution is 2.43. The summed E-state index contributed by atoms with van der Waals surface area (Å²) in [5.74, 6) is -3.85. The monoisotopic (exact) mass is 490 g/mol. The first-order valence-corrected chi connectivity index (χ1v) is 11.7. The molecule has 32 heavy (non-hydrogen) atoms. The van der Waals surface area contributed by atoms with Crippen LogP contribution in [0.1, 0.15) is 6.42 Å². The molecule has 4 rings (SSSR count). The molecule has 1 atom stereocenters. The maximum atomic E-state index is 15.0. The number of anilines is 2. The summed E-state index contributed by atoms with van der Waals surface area (Å²) in [6.45, 7) is 2.55. The maximum absolute atomic E-state index is 15.0. The lowest BCUT2D eigenvalue weighted by atomic mass is 9.79. The Morgan fingerprint density at radius 3 is 2.59 bits per heavy atom. The van der Waals surface area contributed by atoms with Gasteiger partial charge in [-0.15, -0.1) is 0 Å². The van der Waals surface area contributed by atoms with Crippen LogP contribution in [0.15, 0.2) is 29.2 Å². The largest absolute Gasteiger partial charge is 0.374 e. The fourth-order valence-electron chi connectivity index (χ4n) is 4.38. The predicted molar refractivity (Wildman–Crippen MR) is 114 cm³/mol. The van der Waals surface area contributed by atoms with Crippen LogP contribution in [-0.2, 0) is 14.8 Å². The quantitative estimate of drug-likeness (QED) is 0.495. The lowest BCUT2D eigenvalue weighted by molar-refractivity contribution is -0.0752. The van der Waals surface area contributed by atoms with E-state index in [9.17, 15) is 21.6 Å². The highest BCUT2D eigenvalue weighted by Gasteiger charge is 2.51. The fourth-order valence-corrected chi connectivity index (χ4v) is 5.85. The zero-order valence-corrected chi connectivity index (χ0v) is 19.0. The van der Waals surface area contributed by atoms with Crippen LogP contribution >= 0.6 is 11.6 Å². The van der Waals surface area contributed by atoms with Crippen LogP contribution in [0.2, 0.25) is 5.02 Å². The summed E-state index contributed by atoms with van der Waals surface area (Å²) in [5.41, 5.74) is -0.417. The Balaban J connectivity index is 1.60. The molecule has 1 aromatic carbocycles. The highest BCUT2D eigenvalue weighted by molar-refractivity contribution is 7.92. The number of hydrogen-bond acceptors (Lipinski definition) is 6. The molecule has 12 heteroatoms. The molecule has 174 valence electrons. The Bertz CT molecular complexity index is 1150. The van der Waals surface area contributed by atoms with Gasteiger partial charge in [-0.05, 0) is 32.1 Å². The molecule has 0 radical (unpaired) electrons. The number of sulfonamides is 1. The number of methoxy groups -OCH3 is 1. The van der Waals surface area contributed by atoms with Gasteiger partial charge in [0.25, 0.3) is 10.0 Å². The van der Waals surface area contributed by atoms with Crippen LogP contribution in [0, 0.1) is 23.5 Å². The molecule has 2 aliphatic rings. The van der Waals surface area contributed by atoms with E-state index in [-0.39, 0.29) is 11.6 Å². The van der Waals surface area contributed by atoms with Gasteiger partial charge in [-0.1, -0.05) is 17.7 Å². The van der Waals surface area contributed by atoms with Gasteiger partial charge < -0.3 is 14.5 Å². The first-order chi connectivity index (χ1) is 15.1. The maximum Gasteiger partial charge on any atom is 0.268 e. The Labute approximate surface area is 189 Å². The van der Waals surface area contributed by atoms with Gasteiger partial charge in [-0.3, -0.25) is 4.72 Å². The second kappa shape index (κ2) is 8.36. The average molecular weight is 491 g/mol. The minimum absolute atomic E-state index is 0.0449. The molecular weight excluding hydrogens is 469 g/mol. The molecule has 1 unspecified atom stereocenters. The van der Waals surface area contributed by atoms with Crippen LogP contribution in [0.5, 0.6) is 0 Å². The summed E-state index contributed by atoms with van der Waals surface area (Å²) in [5, 5.41) is -0.521. The number of hydrogen-bond donors (Lipinski definition) is 1. The number of nitrogens with zero attached hydrogens (tertiary/aromatic N) is 3. The van der Waals surface area contributed by atoms with Crippen molar-refractivity contribution in [3.05, 3.63) is 46.9 Å². The van der Waals surface area contributed by atoms with Crippen molar-refractivity contribution in [3.63, 3.8) is 0 Å². The molecule has 2 fully saturated rings. The zero-order chi connectivity index (χ0) is 23.3. The third kappa shape index (κ3) is 4.02. The van der Waals surface area contributed by atoms with E-state index >= 15 is 0 Å². The second-order valence-electron chi connectivity index (χ2n) is 8.16. The Kier molecular flexibility index (Phi) is 6.03. The van der Waals surface area contributed by atoms with Crippen molar-refractivity contribution in [3.8, 4) is 0 Å². The van der Waals surface area contributed by atoms with Crippen LogP contribution < -0.4 is 9.62 Å². The Morgan fingerprint density at radius 2 is 2.00 bits per heavy atom. The smallest absolute Gasteiger partial charge is 0.268 e. The molecule has 2 aromatic rings. The van der Waals surface area contributed by atoms with E-state index in [1.54, 1.807) is 12.0 Å². The molecule has 1 N–H and O–H groups in total. The number of likely N-dealkylation sites (tertiary alicyclic amines) is 1. The summed E-state index contributed by atoms with van der Waals surface area (Å²) in [6.07, 6.45) is 0.950. The molecule has 3 heterocycles. The molecule has 1 aromatic heterocycles. The third-order valence-corrected chi connectivity index (χ3v) is 7.87. The first-order valence-electron chi connectivity index (χ1n) is 9.88. The number of ether oxygens (including phenoxy) is 1. The van der Waals surface area contributed by atoms with Gasteiger partial charge in [-0.2, -0.15) is 4.39 Å². The number of pyridine rings is 1. The van der Waals surface area contributed by atoms with Gasteiger partial charge in [0.15, 0.2) is 10.7 Å². The van der Waals surface area contributed by atoms with Crippen LogP contribution in [0.3, 0.4) is 0 Å². The average Bonchev–Trinajstić information content (AvgIpc) is 3.11. The number of nitrogens with one attached hydrogen (secondary N) is 1. The van der Waals surface area contributed by atoms with Crippen molar-refractivity contribution < 1.29 is 26.3 Å². The summed E-state index contributed by atoms with van der Waals surface area (Å²) >= 11 is 6.13. The van der Waals surface area contributed by atoms with Gasteiger partial charge in [0.1, 0.15) is 22.3 Å². The van der Waals surface area contributed by atoms with E-state index in [2.05, 4.69) is 9.88 Å². The summed E-state index contributed by atoms with van der Waals surface area (Å²) in [6, 6.07) is 4.25. The molecular formula is C20H22ClF3N4O3S. The van der Waals surface area contributed by atoms with Gasteiger partial charge in [0.05, 0.1) is 5.69 Å². The van der Waals surface area contributed by atoms with Crippen LogP contribution in [0.25, 0.3) is 0 Å². The topological polar surface area (TPSA) is 74.8 Å². The standard InChI is InChI=1S/C20H22ClF3N4O3S/c1-27-7-6-12(9-27)20(31-2)10-28(11-20)14-8-13(22)19(18(24)17(14)21)32(29,30)26-16-5-3-4-15(23)25-16/h3-5,8,12H,6-7,9-11H2,1-2H3,(H,25,26). The van der Waals surface area contributed by atoms with Gasteiger partial charge >= 0.3 is 0 Å². The molecule has 2 saturated heterocycles. The molecule has 7 nitrogen and oxygen atoms in total. The van der Waals surface area contributed by atoms with E-state index in [1.165, 1.54) is 6.07 Å². The van der Waals surface area contributed by atoms with Crippen LogP contribution in [0.4, 0.5) is 24.7 Å². The second-order valence-corrected chi connectivity index (χ2v) is 10.2. The Hall–Kier alpha value is -2.08. The van der Waals surface area contributed by atoms with Crippen molar-refractivity contribution in [1.82, 2.24) is 9.88 Å². The van der Waals surface area contributed by atoms with Gasteiger partial charge in [0.2, 0.25) is 5.95 Å². The van der Waals surface area contributed by atoms with E-state index in [4.69, 9.17) is 16.3 Å². The van der Waals surface area contributed by atoms with E-state index in [1.807, 2.05) is 11.8 Å². The normalized spacial score (nSPS) is 20.9. The van der Waals surface area contributed by atoms with Crippen molar-refractivity contribution in [1.29, 1.82) is 0 Å². The molecule has 0 bridgehead atoms. The summed E-state index contributed by atoms with van der Waals surface area (Å²) in [4.78, 5) is 5.94. The Morgan fingerprint density at radius 1 is 1.28 bits per heavy atom. The van der Waals surface area contributed by atoms with Crippen LogP contribution in [-0.4, -0.2) is 64.2 Å².